The molecule has 0 atom stereocenters. The van der Waals surface area contributed by atoms with E-state index in [1.54, 1.807) is 30.3 Å². The van der Waals surface area contributed by atoms with E-state index >= 15 is 0 Å². The SMILES string of the molecule is Cc1ccc(S(=O)(=O)NCCNC(=O)c2ccco2)cc1. The van der Waals surface area contributed by atoms with Gasteiger partial charge in [-0.2, -0.15) is 0 Å². The van der Waals surface area contributed by atoms with Crippen LogP contribution in [0.15, 0.2) is 52.0 Å². The first-order chi connectivity index (χ1) is 9.99. The van der Waals surface area contributed by atoms with E-state index in [-0.39, 0.29) is 29.7 Å². The van der Waals surface area contributed by atoms with Crippen LogP contribution >= 0.6 is 0 Å². The molecule has 0 aliphatic rings. The summed E-state index contributed by atoms with van der Waals surface area (Å²) in [5.74, 6) is -0.189. The molecule has 0 saturated carbocycles. The number of hydrogen-bond acceptors (Lipinski definition) is 4. The Morgan fingerprint density at radius 1 is 1.14 bits per heavy atom. The minimum absolute atomic E-state index is 0.0999. The number of hydrogen-bond donors (Lipinski definition) is 2. The summed E-state index contributed by atoms with van der Waals surface area (Å²) in [5, 5.41) is 2.56. The topological polar surface area (TPSA) is 88.4 Å². The van der Waals surface area contributed by atoms with Crippen molar-refractivity contribution < 1.29 is 17.6 Å². The highest BCUT2D eigenvalue weighted by Crippen LogP contribution is 2.09. The van der Waals surface area contributed by atoms with Gasteiger partial charge in [-0.3, -0.25) is 4.79 Å². The highest BCUT2D eigenvalue weighted by Gasteiger charge is 2.13. The van der Waals surface area contributed by atoms with Gasteiger partial charge in [0.15, 0.2) is 5.76 Å². The zero-order chi connectivity index (χ0) is 15.3. The summed E-state index contributed by atoms with van der Waals surface area (Å²) >= 11 is 0. The van der Waals surface area contributed by atoms with Crippen molar-refractivity contribution in [3.63, 3.8) is 0 Å². The Labute approximate surface area is 123 Å². The van der Waals surface area contributed by atoms with Crippen LogP contribution in [0.5, 0.6) is 0 Å². The van der Waals surface area contributed by atoms with Gasteiger partial charge in [0.1, 0.15) is 0 Å². The maximum atomic E-state index is 12.0. The third kappa shape index (κ3) is 4.17. The molecule has 7 heteroatoms. The van der Waals surface area contributed by atoms with E-state index in [0.29, 0.717) is 0 Å². The number of furan rings is 1. The van der Waals surface area contributed by atoms with E-state index in [1.807, 2.05) is 6.92 Å². The monoisotopic (exact) mass is 308 g/mol. The average molecular weight is 308 g/mol. The van der Waals surface area contributed by atoms with E-state index in [1.165, 1.54) is 12.3 Å². The van der Waals surface area contributed by atoms with Crippen molar-refractivity contribution in [1.82, 2.24) is 10.0 Å². The van der Waals surface area contributed by atoms with Crippen LogP contribution in [0.3, 0.4) is 0 Å². The van der Waals surface area contributed by atoms with Crippen LogP contribution in [0.25, 0.3) is 0 Å². The molecule has 112 valence electrons. The van der Waals surface area contributed by atoms with Crippen molar-refractivity contribution in [2.45, 2.75) is 11.8 Å². The molecular formula is C14H16N2O4S. The highest BCUT2D eigenvalue weighted by atomic mass is 32.2. The number of nitrogens with one attached hydrogen (secondary N) is 2. The summed E-state index contributed by atoms with van der Waals surface area (Å²) in [7, 11) is -3.55. The van der Waals surface area contributed by atoms with Gasteiger partial charge in [0.05, 0.1) is 11.2 Å². The van der Waals surface area contributed by atoms with Crippen LogP contribution in [0, 0.1) is 6.92 Å². The normalized spacial score (nSPS) is 11.3. The summed E-state index contributed by atoms with van der Waals surface area (Å²) < 4.78 is 31.3. The van der Waals surface area contributed by atoms with Crippen molar-refractivity contribution in [2.75, 3.05) is 13.1 Å². The number of benzene rings is 1. The second-order valence-electron chi connectivity index (χ2n) is 4.44. The molecule has 0 bridgehead atoms. The van der Waals surface area contributed by atoms with Gasteiger partial charge in [-0.1, -0.05) is 17.7 Å². The molecule has 1 amide bonds. The molecule has 0 aliphatic heterocycles. The van der Waals surface area contributed by atoms with E-state index in [9.17, 15) is 13.2 Å². The Kier molecular flexibility index (Phi) is 4.77. The van der Waals surface area contributed by atoms with Gasteiger partial charge in [0.2, 0.25) is 10.0 Å². The van der Waals surface area contributed by atoms with Crippen LogP contribution in [0.2, 0.25) is 0 Å². The van der Waals surface area contributed by atoms with Crippen LogP contribution in [0.1, 0.15) is 16.1 Å². The second kappa shape index (κ2) is 6.55. The third-order valence-electron chi connectivity index (χ3n) is 2.78. The summed E-state index contributed by atoms with van der Waals surface area (Å²) in [6.45, 7) is 2.15. The summed E-state index contributed by atoms with van der Waals surface area (Å²) in [6.07, 6.45) is 1.40. The minimum Gasteiger partial charge on any atom is -0.459 e. The molecule has 0 saturated heterocycles. The van der Waals surface area contributed by atoms with Gasteiger partial charge in [0, 0.05) is 13.1 Å². The summed E-state index contributed by atoms with van der Waals surface area (Å²) in [6, 6.07) is 9.68. The number of rotatable bonds is 6. The zero-order valence-electron chi connectivity index (χ0n) is 11.5. The third-order valence-corrected chi connectivity index (χ3v) is 4.26. The van der Waals surface area contributed by atoms with E-state index in [0.717, 1.165) is 5.56 Å². The van der Waals surface area contributed by atoms with E-state index in [2.05, 4.69) is 10.0 Å². The quantitative estimate of drug-likeness (QED) is 0.787. The Morgan fingerprint density at radius 2 is 1.86 bits per heavy atom. The number of sulfonamides is 1. The molecule has 0 unspecified atom stereocenters. The lowest BCUT2D eigenvalue weighted by molar-refractivity contribution is 0.0926. The molecular weight excluding hydrogens is 292 g/mol. The number of amides is 1. The molecule has 2 N–H and O–H groups in total. The molecule has 0 fully saturated rings. The largest absolute Gasteiger partial charge is 0.459 e. The molecule has 2 aromatic rings. The van der Waals surface area contributed by atoms with Gasteiger partial charge in [-0.05, 0) is 31.2 Å². The predicted molar refractivity (Wildman–Crippen MR) is 77.4 cm³/mol. The van der Waals surface area contributed by atoms with Crippen molar-refractivity contribution in [3.05, 3.63) is 54.0 Å². The van der Waals surface area contributed by atoms with E-state index in [4.69, 9.17) is 4.42 Å². The minimum atomic E-state index is -3.55. The fraction of sp³-hybridized carbons (Fsp3) is 0.214. The van der Waals surface area contributed by atoms with Crippen molar-refractivity contribution in [3.8, 4) is 0 Å². The highest BCUT2D eigenvalue weighted by molar-refractivity contribution is 7.89. The van der Waals surface area contributed by atoms with Crippen LogP contribution < -0.4 is 10.0 Å². The molecule has 1 aromatic heterocycles. The molecule has 21 heavy (non-hydrogen) atoms. The van der Waals surface area contributed by atoms with Gasteiger partial charge in [-0.15, -0.1) is 0 Å². The summed E-state index contributed by atoms with van der Waals surface area (Å²) in [4.78, 5) is 11.8. The molecule has 0 spiro atoms. The smallest absolute Gasteiger partial charge is 0.287 e. The van der Waals surface area contributed by atoms with Crippen LogP contribution in [-0.2, 0) is 10.0 Å². The summed E-state index contributed by atoms with van der Waals surface area (Å²) in [5.41, 5.74) is 0.986. The van der Waals surface area contributed by atoms with Crippen LogP contribution in [-0.4, -0.2) is 27.4 Å². The lowest BCUT2D eigenvalue weighted by Crippen LogP contribution is -2.34. The predicted octanol–water partition coefficient (Wildman–Crippen LogP) is 1.30. The number of carbonyl (C=O) groups excluding carboxylic acids is 1. The maximum Gasteiger partial charge on any atom is 0.287 e. The Bertz CT molecular complexity index is 691. The van der Waals surface area contributed by atoms with E-state index < -0.39 is 10.0 Å². The molecule has 0 aliphatic carbocycles. The first-order valence-electron chi connectivity index (χ1n) is 6.37. The molecule has 1 aromatic carbocycles. The van der Waals surface area contributed by atoms with Crippen molar-refractivity contribution >= 4 is 15.9 Å². The zero-order valence-corrected chi connectivity index (χ0v) is 12.3. The Hall–Kier alpha value is -2.12. The first kappa shape index (κ1) is 15.3. The average Bonchev–Trinajstić information content (AvgIpc) is 2.98. The lowest BCUT2D eigenvalue weighted by atomic mass is 10.2. The molecule has 6 nitrogen and oxygen atoms in total. The first-order valence-corrected chi connectivity index (χ1v) is 7.85. The van der Waals surface area contributed by atoms with Gasteiger partial charge >= 0.3 is 0 Å². The fourth-order valence-electron chi connectivity index (χ4n) is 1.66. The molecule has 0 radical (unpaired) electrons. The lowest BCUT2D eigenvalue weighted by Gasteiger charge is -2.07. The second-order valence-corrected chi connectivity index (χ2v) is 6.21. The van der Waals surface area contributed by atoms with Gasteiger partial charge in [-0.25, -0.2) is 13.1 Å². The van der Waals surface area contributed by atoms with Gasteiger partial charge in [0.25, 0.3) is 5.91 Å². The fourth-order valence-corrected chi connectivity index (χ4v) is 2.69. The number of aryl methyl sites for hydroxylation is 1. The Morgan fingerprint density at radius 3 is 2.48 bits per heavy atom. The Balaban J connectivity index is 1.82. The standard InChI is InChI=1S/C14H16N2O4S/c1-11-4-6-12(7-5-11)21(18,19)16-9-8-15-14(17)13-3-2-10-20-13/h2-7,10,16H,8-9H2,1H3,(H,15,17). The van der Waals surface area contributed by atoms with Gasteiger partial charge < -0.3 is 9.73 Å². The number of carbonyl (C=O) groups is 1. The maximum absolute atomic E-state index is 12.0. The molecule has 2 rings (SSSR count). The van der Waals surface area contributed by atoms with Crippen LogP contribution in [0.4, 0.5) is 0 Å². The van der Waals surface area contributed by atoms with Crippen molar-refractivity contribution in [2.24, 2.45) is 0 Å². The molecule has 1 heterocycles. The van der Waals surface area contributed by atoms with Crippen molar-refractivity contribution in [1.29, 1.82) is 0 Å².